The van der Waals surface area contributed by atoms with Crippen molar-refractivity contribution in [2.24, 2.45) is 0 Å². The Bertz CT molecular complexity index is 481. The van der Waals surface area contributed by atoms with Crippen LogP contribution in [0.25, 0.3) is 0 Å². The van der Waals surface area contributed by atoms with Crippen LogP contribution >= 0.6 is 0 Å². The van der Waals surface area contributed by atoms with Crippen molar-refractivity contribution in [3.8, 4) is 5.75 Å². The molecule has 1 aromatic rings. The van der Waals surface area contributed by atoms with Gasteiger partial charge in [-0.15, -0.1) is 0 Å². The first kappa shape index (κ1) is 19.8. The zero-order chi connectivity index (χ0) is 17.7. The Hall–Kier alpha value is -1.55. The standard InChI is InChI=1S/C21H34N2O2/c1-2-3-4-5-9-16-25-20-14-12-19(13-15-20)23-21(24)17-22-18-10-7-6-8-11-18/h12-15,18,22H,2-11,16-17H2,1H3,(H,23,24). The predicted molar refractivity (Wildman–Crippen MR) is 104 cm³/mol. The van der Waals surface area contributed by atoms with E-state index in [0.29, 0.717) is 12.6 Å². The molecule has 1 fully saturated rings. The van der Waals surface area contributed by atoms with Gasteiger partial charge in [-0.3, -0.25) is 4.79 Å². The van der Waals surface area contributed by atoms with E-state index in [4.69, 9.17) is 4.74 Å². The molecule has 0 saturated heterocycles. The maximum atomic E-state index is 12.0. The number of hydrogen-bond donors (Lipinski definition) is 2. The predicted octanol–water partition coefficient (Wildman–Crippen LogP) is 4.90. The lowest BCUT2D eigenvalue weighted by Crippen LogP contribution is -2.37. The molecule has 0 heterocycles. The van der Waals surface area contributed by atoms with Gasteiger partial charge in [0.1, 0.15) is 5.75 Å². The molecule has 4 heteroatoms. The molecule has 4 nitrogen and oxygen atoms in total. The molecule has 1 aliphatic rings. The van der Waals surface area contributed by atoms with E-state index in [9.17, 15) is 4.79 Å². The molecule has 0 aliphatic heterocycles. The molecule has 0 unspecified atom stereocenters. The second-order valence-electron chi connectivity index (χ2n) is 7.05. The van der Waals surface area contributed by atoms with Gasteiger partial charge in [-0.05, 0) is 43.5 Å². The summed E-state index contributed by atoms with van der Waals surface area (Å²) in [6.07, 6.45) is 12.5. The Morgan fingerprint density at radius 2 is 1.76 bits per heavy atom. The highest BCUT2D eigenvalue weighted by molar-refractivity contribution is 5.92. The Kier molecular flexibility index (Phi) is 9.42. The minimum atomic E-state index is 0.0233. The first-order valence-corrected chi connectivity index (χ1v) is 10.0. The number of ether oxygens (including phenoxy) is 1. The molecule has 25 heavy (non-hydrogen) atoms. The van der Waals surface area contributed by atoms with E-state index in [-0.39, 0.29) is 5.91 Å². The highest BCUT2D eigenvalue weighted by Gasteiger charge is 2.13. The maximum absolute atomic E-state index is 12.0. The van der Waals surface area contributed by atoms with Crippen molar-refractivity contribution in [1.82, 2.24) is 5.32 Å². The van der Waals surface area contributed by atoms with Crippen molar-refractivity contribution >= 4 is 11.6 Å². The van der Waals surface area contributed by atoms with Crippen LogP contribution in [-0.4, -0.2) is 25.1 Å². The molecule has 2 rings (SSSR count). The van der Waals surface area contributed by atoms with Crippen molar-refractivity contribution in [2.75, 3.05) is 18.5 Å². The number of nitrogens with one attached hydrogen (secondary N) is 2. The quantitative estimate of drug-likeness (QED) is 0.561. The van der Waals surface area contributed by atoms with Crippen molar-refractivity contribution in [3.63, 3.8) is 0 Å². The highest BCUT2D eigenvalue weighted by atomic mass is 16.5. The lowest BCUT2D eigenvalue weighted by atomic mass is 9.95. The molecule has 140 valence electrons. The number of rotatable bonds is 11. The molecule has 0 atom stereocenters. The van der Waals surface area contributed by atoms with Gasteiger partial charge < -0.3 is 15.4 Å². The van der Waals surface area contributed by atoms with Crippen LogP contribution in [0.4, 0.5) is 5.69 Å². The van der Waals surface area contributed by atoms with Gasteiger partial charge in [0.15, 0.2) is 0 Å². The third-order valence-electron chi connectivity index (χ3n) is 4.81. The van der Waals surface area contributed by atoms with Crippen LogP contribution in [0.2, 0.25) is 0 Å². The Balaban J connectivity index is 1.61. The summed E-state index contributed by atoms with van der Waals surface area (Å²) in [5, 5.41) is 6.31. The Morgan fingerprint density at radius 3 is 2.48 bits per heavy atom. The van der Waals surface area contributed by atoms with E-state index >= 15 is 0 Å². The fraction of sp³-hybridized carbons (Fsp3) is 0.667. The Labute approximate surface area is 152 Å². The van der Waals surface area contributed by atoms with Gasteiger partial charge in [0, 0.05) is 11.7 Å². The average molecular weight is 347 g/mol. The summed E-state index contributed by atoms with van der Waals surface area (Å²) in [5.41, 5.74) is 0.825. The summed E-state index contributed by atoms with van der Waals surface area (Å²) in [7, 11) is 0. The lowest BCUT2D eigenvalue weighted by Gasteiger charge is -2.22. The van der Waals surface area contributed by atoms with Crippen LogP contribution in [0.15, 0.2) is 24.3 Å². The molecule has 1 aromatic carbocycles. The summed E-state index contributed by atoms with van der Waals surface area (Å²) in [5.74, 6) is 0.893. The number of amides is 1. The topological polar surface area (TPSA) is 50.4 Å². The normalized spacial score (nSPS) is 15.1. The molecule has 1 saturated carbocycles. The van der Waals surface area contributed by atoms with Gasteiger partial charge in [-0.2, -0.15) is 0 Å². The van der Waals surface area contributed by atoms with Crippen LogP contribution < -0.4 is 15.4 Å². The fourth-order valence-electron chi connectivity index (χ4n) is 3.28. The summed E-state index contributed by atoms with van der Waals surface area (Å²) in [6, 6.07) is 8.18. The zero-order valence-electron chi connectivity index (χ0n) is 15.7. The van der Waals surface area contributed by atoms with E-state index in [1.54, 1.807) is 0 Å². The summed E-state index contributed by atoms with van der Waals surface area (Å²) >= 11 is 0. The summed E-state index contributed by atoms with van der Waals surface area (Å²) < 4.78 is 5.75. The van der Waals surface area contributed by atoms with E-state index in [0.717, 1.165) is 24.5 Å². The molecule has 0 spiro atoms. The number of benzene rings is 1. The number of carbonyl (C=O) groups excluding carboxylic acids is 1. The van der Waals surface area contributed by atoms with Gasteiger partial charge >= 0.3 is 0 Å². The molecular weight excluding hydrogens is 312 g/mol. The van der Waals surface area contributed by atoms with Crippen molar-refractivity contribution in [1.29, 1.82) is 0 Å². The van der Waals surface area contributed by atoms with E-state index in [2.05, 4.69) is 17.6 Å². The largest absolute Gasteiger partial charge is 0.494 e. The SMILES string of the molecule is CCCCCCCOc1ccc(NC(=O)CNC2CCCCC2)cc1. The second-order valence-corrected chi connectivity index (χ2v) is 7.05. The maximum Gasteiger partial charge on any atom is 0.238 e. The van der Waals surface area contributed by atoms with Crippen LogP contribution in [0, 0.1) is 0 Å². The second kappa shape index (κ2) is 11.9. The first-order chi connectivity index (χ1) is 12.3. The smallest absolute Gasteiger partial charge is 0.238 e. The first-order valence-electron chi connectivity index (χ1n) is 10.0. The van der Waals surface area contributed by atoms with Gasteiger partial charge in [0.05, 0.1) is 13.2 Å². The Morgan fingerprint density at radius 1 is 1.04 bits per heavy atom. The van der Waals surface area contributed by atoms with E-state index < -0.39 is 0 Å². The third kappa shape index (κ3) is 8.39. The lowest BCUT2D eigenvalue weighted by molar-refractivity contribution is -0.115. The van der Waals surface area contributed by atoms with Gasteiger partial charge in [0.2, 0.25) is 5.91 Å². The van der Waals surface area contributed by atoms with Crippen molar-refractivity contribution < 1.29 is 9.53 Å². The van der Waals surface area contributed by atoms with Crippen LogP contribution in [0.5, 0.6) is 5.75 Å². The molecule has 1 aliphatic carbocycles. The van der Waals surface area contributed by atoms with Crippen molar-refractivity contribution in [2.45, 2.75) is 77.2 Å². The van der Waals surface area contributed by atoms with Gasteiger partial charge in [-0.1, -0.05) is 51.9 Å². The number of hydrogen-bond acceptors (Lipinski definition) is 3. The van der Waals surface area contributed by atoms with E-state index in [1.807, 2.05) is 24.3 Å². The molecule has 0 radical (unpaired) electrons. The molecule has 0 aromatic heterocycles. The fourth-order valence-corrected chi connectivity index (χ4v) is 3.28. The van der Waals surface area contributed by atoms with Gasteiger partial charge in [-0.25, -0.2) is 0 Å². The summed E-state index contributed by atoms with van der Waals surface area (Å²) in [6.45, 7) is 3.38. The monoisotopic (exact) mass is 346 g/mol. The highest BCUT2D eigenvalue weighted by Crippen LogP contribution is 2.18. The minimum Gasteiger partial charge on any atom is -0.494 e. The number of unbranched alkanes of at least 4 members (excludes halogenated alkanes) is 4. The van der Waals surface area contributed by atoms with Crippen LogP contribution in [-0.2, 0) is 4.79 Å². The number of anilines is 1. The van der Waals surface area contributed by atoms with Crippen molar-refractivity contribution in [3.05, 3.63) is 24.3 Å². The molecular formula is C21H34N2O2. The molecule has 1 amide bonds. The summed E-state index contributed by atoms with van der Waals surface area (Å²) in [4.78, 5) is 12.0. The number of carbonyl (C=O) groups is 1. The average Bonchev–Trinajstić information content (AvgIpc) is 2.65. The molecule has 2 N–H and O–H groups in total. The van der Waals surface area contributed by atoms with Crippen LogP contribution in [0.1, 0.15) is 71.1 Å². The zero-order valence-corrected chi connectivity index (χ0v) is 15.7. The minimum absolute atomic E-state index is 0.0233. The third-order valence-corrected chi connectivity index (χ3v) is 4.81. The van der Waals surface area contributed by atoms with E-state index in [1.165, 1.54) is 57.8 Å². The van der Waals surface area contributed by atoms with Gasteiger partial charge in [0.25, 0.3) is 0 Å². The van der Waals surface area contributed by atoms with Crippen LogP contribution in [0.3, 0.4) is 0 Å². The molecule has 0 bridgehead atoms.